The molecule has 0 heterocycles. The Morgan fingerprint density at radius 3 is 2.11 bits per heavy atom. The molecule has 0 saturated carbocycles. The third-order valence-electron chi connectivity index (χ3n) is 3.63. The Balaban J connectivity index is 2.58. The highest BCUT2D eigenvalue weighted by Gasteiger charge is 2.13. The van der Waals surface area contributed by atoms with Crippen LogP contribution in [-0.2, 0) is 11.8 Å². The summed E-state index contributed by atoms with van der Waals surface area (Å²) in [6.45, 7) is 11.2. The predicted molar refractivity (Wildman–Crippen MR) is 80.9 cm³/mol. The summed E-state index contributed by atoms with van der Waals surface area (Å²) in [5.74, 6) is 0.667. The van der Waals surface area contributed by atoms with E-state index in [2.05, 4.69) is 58.9 Å². The van der Waals surface area contributed by atoms with Crippen LogP contribution in [0.15, 0.2) is 24.3 Å². The first-order chi connectivity index (χ1) is 8.32. The van der Waals surface area contributed by atoms with Crippen LogP contribution in [0.5, 0.6) is 0 Å². The lowest BCUT2D eigenvalue weighted by Gasteiger charge is -2.20. The lowest BCUT2D eigenvalue weighted by atomic mass is 9.85. The fourth-order valence-corrected chi connectivity index (χ4v) is 2.31. The minimum absolute atomic E-state index is 0.245. The van der Waals surface area contributed by atoms with E-state index in [0.29, 0.717) is 12.0 Å². The summed E-state index contributed by atoms with van der Waals surface area (Å²) in [5, 5.41) is 0. The molecule has 2 atom stereocenters. The van der Waals surface area contributed by atoms with Crippen LogP contribution in [0.3, 0.4) is 0 Å². The molecule has 0 aliphatic carbocycles. The number of hydrogen-bond acceptors (Lipinski definition) is 1. The Morgan fingerprint density at radius 2 is 1.67 bits per heavy atom. The summed E-state index contributed by atoms with van der Waals surface area (Å²) >= 11 is 0. The Bertz CT molecular complexity index is 345. The highest BCUT2D eigenvalue weighted by Crippen LogP contribution is 2.23. The predicted octanol–water partition coefficient (Wildman–Crippen LogP) is 4.29. The molecule has 18 heavy (non-hydrogen) atoms. The number of nitrogens with two attached hydrogens (primary N) is 1. The van der Waals surface area contributed by atoms with Crippen LogP contribution in [0.4, 0.5) is 0 Å². The molecule has 1 nitrogen and oxygen atoms in total. The average molecular weight is 247 g/mol. The van der Waals surface area contributed by atoms with Gasteiger partial charge in [0.05, 0.1) is 0 Å². The zero-order valence-electron chi connectivity index (χ0n) is 12.7. The number of benzene rings is 1. The van der Waals surface area contributed by atoms with Gasteiger partial charge in [0.1, 0.15) is 0 Å². The van der Waals surface area contributed by atoms with E-state index < -0.39 is 0 Å². The molecule has 0 aromatic heterocycles. The van der Waals surface area contributed by atoms with Crippen molar-refractivity contribution >= 4 is 0 Å². The molecule has 0 aliphatic rings. The van der Waals surface area contributed by atoms with Crippen molar-refractivity contribution in [3.63, 3.8) is 0 Å². The molecule has 2 N–H and O–H groups in total. The van der Waals surface area contributed by atoms with E-state index in [1.54, 1.807) is 0 Å². The summed E-state index contributed by atoms with van der Waals surface area (Å²) in [4.78, 5) is 0. The van der Waals surface area contributed by atoms with Gasteiger partial charge in [-0.25, -0.2) is 0 Å². The second-order valence-corrected chi connectivity index (χ2v) is 6.66. The molecule has 0 amide bonds. The highest BCUT2D eigenvalue weighted by atomic mass is 14.6. The highest BCUT2D eigenvalue weighted by molar-refractivity contribution is 5.27. The van der Waals surface area contributed by atoms with E-state index >= 15 is 0 Å². The van der Waals surface area contributed by atoms with Gasteiger partial charge in [0.15, 0.2) is 0 Å². The third-order valence-corrected chi connectivity index (χ3v) is 3.63. The van der Waals surface area contributed by atoms with Crippen LogP contribution in [-0.4, -0.2) is 6.04 Å². The van der Waals surface area contributed by atoms with Crippen LogP contribution >= 0.6 is 0 Å². The summed E-state index contributed by atoms with van der Waals surface area (Å²) in [6, 6.07) is 9.43. The van der Waals surface area contributed by atoms with Gasteiger partial charge in [0, 0.05) is 6.04 Å². The molecule has 0 radical (unpaired) electrons. The van der Waals surface area contributed by atoms with Gasteiger partial charge in [-0.15, -0.1) is 0 Å². The molecule has 0 bridgehead atoms. The smallest absolute Gasteiger partial charge is 0.00388 e. The first-order valence-corrected chi connectivity index (χ1v) is 7.18. The van der Waals surface area contributed by atoms with Gasteiger partial charge < -0.3 is 5.73 Å². The Hall–Kier alpha value is -0.820. The molecule has 102 valence electrons. The lowest BCUT2D eigenvalue weighted by Crippen LogP contribution is -2.22. The van der Waals surface area contributed by atoms with Crippen LogP contribution < -0.4 is 5.73 Å². The molecular formula is C17H29N. The van der Waals surface area contributed by atoms with Crippen molar-refractivity contribution in [3.8, 4) is 0 Å². The average Bonchev–Trinajstić information content (AvgIpc) is 2.28. The minimum atomic E-state index is 0.245. The summed E-state index contributed by atoms with van der Waals surface area (Å²) in [7, 11) is 0. The standard InChI is InChI=1S/C17H29N/c1-6-16(18)12-13(2)11-14-7-9-15(10-8-14)17(3,4)5/h7-10,13,16H,6,11-12,18H2,1-5H3. The fraction of sp³-hybridized carbons (Fsp3) is 0.647. The lowest BCUT2D eigenvalue weighted by molar-refractivity contribution is 0.453. The van der Waals surface area contributed by atoms with Crippen molar-refractivity contribution in [2.75, 3.05) is 0 Å². The van der Waals surface area contributed by atoms with Crippen LogP contribution in [0.25, 0.3) is 0 Å². The molecule has 0 spiro atoms. The second kappa shape index (κ2) is 6.38. The van der Waals surface area contributed by atoms with Crippen molar-refractivity contribution < 1.29 is 0 Å². The Morgan fingerprint density at radius 1 is 1.11 bits per heavy atom. The van der Waals surface area contributed by atoms with Crippen molar-refractivity contribution in [2.45, 2.75) is 65.3 Å². The van der Waals surface area contributed by atoms with Crippen LogP contribution in [0.2, 0.25) is 0 Å². The van der Waals surface area contributed by atoms with Crippen molar-refractivity contribution in [1.29, 1.82) is 0 Å². The van der Waals surface area contributed by atoms with E-state index in [0.717, 1.165) is 19.3 Å². The zero-order valence-corrected chi connectivity index (χ0v) is 12.7. The SMILES string of the molecule is CCC(N)CC(C)Cc1ccc(C(C)(C)C)cc1. The molecular weight excluding hydrogens is 218 g/mol. The van der Waals surface area contributed by atoms with E-state index in [1.807, 2.05) is 0 Å². The molecule has 0 aliphatic heterocycles. The molecule has 0 fully saturated rings. The van der Waals surface area contributed by atoms with E-state index in [1.165, 1.54) is 11.1 Å². The molecule has 1 rings (SSSR count). The maximum atomic E-state index is 6.01. The summed E-state index contributed by atoms with van der Waals surface area (Å²) in [5.41, 5.74) is 9.09. The van der Waals surface area contributed by atoms with Gasteiger partial charge in [-0.05, 0) is 41.7 Å². The van der Waals surface area contributed by atoms with Gasteiger partial charge in [0.2, 0.25) is 0 Å². The topological polar surface area (TPSA) is 26.0 Å². The minimum Gasteiger partial charge on any atom is -0.328 e. The van der Waals surface area contributed by atoms with E-state index in [-0.39, 0.29) is 5.41 Å². The number of rotatable bonds is 5. The molecule has 2 unspecified atom stereocenters. The molecule has 0 saturated heterocycles. The second-order valence-electron chi connectivity index (χ2n) is 6.66. The van der Waals surface area contributed by atoms with E-state index in [4.69, 9.17) is 5.73 Å². The van der Waals surface area contributed by atoms with Gasteiger partial charge in [0.25, 0.3) is 0 Å². The number of hydrogen-bond donors (Lipinski definition) is 1. The maximum absolute atomic E-state index is 6.01. The van der Waals surface area contributed by atoms with Crippen molar-refractivity contribution in [2.24, 2.45) is 11.7 Å². The maximum Gasteiger partial charge on any atom is 0.00388 e. The quantitative estimate of drug-likeness (QED) is 0.825. The van der Waals surface area contributed by atoms with Gasteiger partial charge in [-0.2, -0.15) is 0 Å². The first kappa shape index (κ1) is 15.2. The first-order valence-electron chi connectivity index (χ1n) is 7.18. The largest absolute Gasteiger partial charge is 0.328 e. The van der Waals surface area contributed by atoms with Crippen molar-refractivity contribution in [3.05, 3.63) is 35.4 Å². The molecule has 1 aromatic rings. The Labute approximate surface area is 113 Å². The fourth-order valence-electron chi connectivity index (χ4n) is 2.31. The molecule has 1 heteroatoms. The van der Waals surface area contributed by atoms with Crippen LogP contribution in [0.1, 0.15) is 58.6 Å². The van der Waals surface area contributed by atoms with Gasteiger partial charge >= 0.3 is 0 Å². The van der Waals surface area contributed by atoms with E-state index in [9.17, 15) is 0 Å². The van der Waals surface area contributed by atoms with Gasteiger partial charge in [-0.1, -0.05) is 58.9 Å². The third kappa shape index (κ3) is 4.81. The Kier molecular flexibility index (Phi) is 5.40. The normalized spacial score (nSPS) is 15.4. The summed E-state index contributed by atoms with van der Waals surface area (Å²) in [6.07, 6.45) is 3.34. The van der Waals surface area contributed by atoms with Gasteiger partial charge in [-0.3, -0.25) is 0 Å². The van der Waals surface area contributed by atoms with Crippen LogP contribution in [0, 0.1) is 5.92 Å². The molecule has 1 aromatic carbocycles. The summed E-state index contributed by atoms with van der Waals surface area (Å²) < 4.78 is 0. The monoisotopic (exact) mass is 247 g/mol. The van der Waals surface area contributed by atoms with Crippen molar-refractivity contribution in [1.82, 2.24) is 0 Å². The zero-order chi connectivity index (χ0) is 13.8.